The lowest BCUT2D eigenvalue weighted by Crippen LogP contribution is -2.49. The third-order valence-electron chi connectivity index (χ3n) is 3.45. The van der Waals surface area contributed by atoms with Crippen molar-refractivity contribution < 1.29 is 9.90 Å². The van der Waals surface area contributed by atoms with E-state index in [-0.39, 0.29) is 6.04 Å². The molecule has 0 aromatic rings. The van der Waals surface area contributed by atoms with Crippen LogP contribution in [0.3, 0.4) is 0 Å². The van der Waals surface area contributed by atoms with Gasteiger partial charge in [0.1, 0.15) is 6.04 Å². The molecule has 0 radical (unpaired) electrons. The fourth-order valence-electron chi connectivity index (χ4n) is 2.55. The Morgan fingerprint density at radius 2 is 1.93 bits per heavy atom. The zero-order valence-electron chi connectivity index (χ0n) is 8.95. The van der Waals surface area contributed by atoms with Crippen LogP contribution in [0.1, 0.15) is 38.5 Å². The maximum Gasteiger partial charge on any atom is 0.320 e. The highest BCUT2D eigenvalue weighted by atomic mass is 32.2. The van der Waals surface area contributed by atoms with Gasteiger partial charge in [-0.2, -0.15) is 0 Å². The predicted molar refractivity (Wildman–Crippen MR) is 62.0 cm³/mol. The predicted octanol–water partition coefficient (Wildman–Crippen LogP) is 2.07. The van der Waals surface area contributed by atoms with Crippen LogP contribution in [-0.4, -0.2) is 28.2 Å². The normalized spacial score (nSPS) is 33.9. The standard InChI is InChI=1S/C11H19NO2S/c13-11(14)9-6-7-15-10(12-9)8-4-2-1-3-5-8/h8-10,12H,1-7H2,(H,13,14). The molecule has 15 heavy (non-hydrogen) atoms. The van der Waals surface area contributed by atoms with Crippen LogP contribution in [-0.2, 0) is 4.79 Å². The number of carbonyl (C=O) groups is 1. The van der Waals surface area contributed by atoms with Gasteiger partial charge >= 0.3 is 5.97 Å². The molecule has 1 aliphatic carbocycles. The first-order chi connectivity index (χ1) is 7.27. The molecule has 2 unspecified atom stereocenters. The number of rotatable bonds is 2. The van der Waals surface area contributed by atoms with Gasteiger partial charge in [-0.05, 0) is 30.9 Å². The van der Waals surface area contributed by atoms with Crippen LogP contribution in [0.2, 0.25) is 0 Å². The SMILES string of the molecule is O=C(O)C1CCSC(C2CCCCC2)N1. The van der Waals surface area contributed by atoms with Crippen LogP contribution in [0.15, 0.2) is 0 Å². The average molecular weight is 229 g/mol. The van der Waals surface area contributed by atoms with Crippen molar-refractivity contribution in [1.82, 2.24) is 5.32 Å². The van der Waals surface area contributed by atoms with E-state index in [1.54, 1.807) is 0 Å². The summed E-state index contributed by atoms with van der Waals surface area (Å²) in [6, 6.07) is -0.307. The lowest BCUT2D eigenvalue weighted by molar-refractivity contribution is -0.139. The zero-order chi connectivity index (χ0) is 10.7. The minimum Gasteiger partial charge on any atom is -0.480 e. The molecule has 4 heteroatoms. The number of hydrogen-bond acceptors (Lipinski definition) is 3. The zero-order valence-corrected chi connectivity index (χ0v) is 9.76. The molecule has 2 rings (SSSR count). The Bertz CT molecular complexity index is 229. The van der Waals surface area contributed by atoms with Gasteiger partial charge in [-0.1, -0.05) is 19.3 Å². The second-order valence-electron chi connectivity index (χ2n) is 4.54. The first-order valence-corrected chi connectivity index (χ1v) is 6.92. The second-order valence-corrected chi connectivity index (χ2v) is 5.79. The topological polar surface area (TPSA) is 49.3 Å². The lowest BCUT2D eigenvalue weighted by atomic mass is 9.88. The minimum absolute atomic E-state index is 0.307. The van der Waals surface area contributed by atoms with E-state index in [4.69, 9.17) is 5.11 Å². The minimum atomic E-state index is -0.684. The van der Waals surface area contributed by atoms with Crippen molar-refractivity contribution in [3.63, 3.8) is 0 Å². The quantitative estimate of drug-likeness (QED) is 0.761. The highest BCUT2D eigenvalue weighted by Crippen LogP contribution is 2.33. The highest BCUT2D eigenvalue weighted by molar-refractivity contribution is 7.99. The van der Waals surface area contributed by atoms with Crippen molar-refractivity contribution in [3.8, 4) is 0 Å². The summed E-state index contributed by atoms with van der Waals surface area (Å²) < 4.78 is 0. The molecule has 0 aromatic heterocycles. The van der Waals surface area contributed by atoms with E-state index in [1.165, 1.54) is 32.1 Å². The molecule has 0 amide bonds. The smallest absolute Gasteiger partial charge is 0.320 e. The van der Waals surface area contributed by atoms with E-state index in [0.29, 0.717) is 11.3 Å². The maximum atomic E-state index is 10.9. The molecule has 1 saturated carbocycles. The molecule has 3 nitrogen and oxygen atoms in total. The van der Waals surface area contributed by atoms with Crippen LogP contribution in [0, 0.1) is 5.92 Å². The molecule has 0 spiro atoms. The van der Waals surface area contributed by atoms with Gasteiger partial charge in [-0.3, -0.25) is 10.1 Å². The van der Waals surface area contributed by atoms with Crippen LogP contribution in [0.5, 0.6) is 0 Å². The van der Waals surface area contributed by atoms with Gasteiger partial charge in [-0.15, -0.1) is 11.8 Å². The van der Waals surface area contributed by atoms with Gasteiger partial charge in [0.15, 0.2) is 0 Å². The van der Waals surface area contributed by atoms with Gasteiger partial charge in [0.2, 0.25) is 0 Å². The summed E-state index contributed by atoms with van der Waals surface area (Å²) in [7, 11) is 0. The molecule has 86 valence electrons. The van der Waals surface area contributed by atoms with E-state index in [9.17, 15) is 4.79 Å². The Labute approximate surface area is 95.0 Å². The van der Waals surface area contributed by atoms with Gasteiger partial charge in [-0.25, -0.2) is 0 Å². The molecule has 2 aliphatic rings. The van der Waals surface area contributed by atoms with Crippen molar-refractivity contribution in [2.75, 3.05) is 5.75 Å². The molecule has 0 aromatic carbocycles. The monoisotopic (exact) mass is 229 g/mol. The molecule has 1 heterocycles. The Hall–Kier alpha value is -0.220. The van der Waals surface area contributed by atoms with Crippen LogP contribution >= 0.6 is 11.8 Å². The summed E-state index contributed by atoms with van der Waals surface area (Å²) in [4.78, 5) is 10.9. The van der Waals surface area contributed by atoms with Crippen molar-refractivity contribution >= 4 is 17.7 Å². The van der Waals surface area contributed by atoms with Gasteiger partial charge in [0.25, 0.3) is 0 Å². The Balaban J connectivity index is 1.88. The van der Waals surface area contributed by atoms with Crippen molar-refractivity contribution in [2.24, 2.45) is 5.92 Å². The largest absolute Gasteiger partial charge is 0.480 e. The number of carboxylic acids is 1. The van der Waals surface area contributed by atoms with E-state index >= 15 is 0 Å². The maximum absolute atomic E-state index is 10.9. The summed E-state index contributed by atoms with van der Waals surface area (Å²) >= 11 is 1.92. The first kappa shape index (κ1) is 11.3. The van der Waals surface area contributed by atoms with E-state index < -0.39 is 5.97 Å². The second kappa shape index (κ2) is 5.21. The van der Waals surface area contributed by atoms with E-state index in [2.05, 4.69) is 5.32 Å². The number of aliphatic carboxylic acids is 1. The number of carboxylic acid groups (broad SMARTS) is 1. The third kappa shape index (κ3) is 2.88. The van der Waals surface area contributed by atoms with Crippen molar-refractivity contribution in [2.45, 2.75) is 49.9 Å². The summed E-state index contributed by atoms with van der Waals surface area (Å²) in [5.41, 5.74) is 0. The fraction of sp³-hybridized carbons (Fsp3) is 0.909. The Morgan fingerprint density at radius 1 is 1.20 bits per heavy atom. The molecule has 2 fully saturated rings. The first-order valence-electron chi connectivity index (χ1n) is 5.88. The molecule has 1 saturated heterocycles. The fourth-order valence-corrected chi connectivity index (χ4v) is 3.98. The van der Waals surface area contributed by atoms with E-state index in [0.717, 1.165) is 12.2 Å². The molecular formula is C11H19NO2S. The van der Waals surface area contributed by atoms with Gasteiger partial charge in [0.05, 0.1) is 5.37 Å². The summed E-state index contributed by atoms with van der Waals surface area (Å²) in [5.74, 6) is 1.01. The number of hydrogen-bond donors (Lipinski definition) is 2. The average Bonchev–Trinajstić information content (AvgIpc) is 2.30. The summed E-state index contributed by atoms with van der Waals surface area (Å²) in [6.45, 7) is 0. The highest BCUT2D eigenvalue weighted by Gasteiger charge is 2.31. The van der Waals surface area contributed by atoms with Gasteiger partial charge in [0, 0.05) is 0 Å². The number of thioether (sulfide) groups is 1. The molecule has 0 bridgehead atoms. The third-order valence-corrected chi connectivity index (χ3v) is 4.80. The summed E-state index contributed by atoms with van der Waals surface area (Å²) in [6.07, 6.45) is 7.32. The van der Waals surface area contributed by atoms with Crippen molar-refractivity contribution in [1.29, 1.82) is 0 Å². The van der Waals surface area contributed by atoms with Crippen LogP contribution in [0.25, 0.3) is 0 Å². The lowest BCUT2D eigenvalue weighted by Gasteiger charge is -2.35. The molecule has 2 atom stereocenters. The summed E-state index contributed by atoms with van der Waals surface area (Å²) in [5, 5.41) is 12.7. The van der Waals surface area contributed by atoms with Crippen molar-refractivity contribution in [3.05, 3.63) is 0 Å². The number of nitrogens with one attached hydrogen (secondary N) is 1. The van der Waals surface area contributed by atoms with Gasteiger partial charge < -0.3 is 5.11 Å². The molecular weight excluding hydrogens is 210 g/mol. The van der Waals surface area contributed by atoms with Crippen LogP contribution < -0.4 is 5.32 Å². The molecule has 2 N–H and O–H groups in total. The molecule has 1 aliphatic heterocycles. The Morgan fingerprint density at radius 3 is 2.60 bits per heavy atom. The van der Waals surface area contributed by atoms with E-state index in [1.807, 2.05) is 11.8 Å². The van der Waals surface area contributed by atoms with Crippen LogP contribution in [0.4, 0.5) is 0 Å². The Kier molecular flexibility index (Phi) is 3.92.